The van der Waals surface area contributed by atoms with Crippen molar-refractivity contribution in [1.82, 2.24) is 0 Å². The molecule has 0 bridgehead atoms. The highest BCUT2D eigenvalue weighted by molar-refractivity contribution is 7.47. The van der Waals surface area contributed by atoms with Crippen LogP contribution < -0.4 is 0 Å². The fourth-order valence-corrected chi connectivity index (χ4v) is 7.83. The van der Waals surface area contributed by atoms with Crippen molar-refractivity contribution < 1.29 is 0 Å². The Morgan fingerprint density at radius 1 is 0.875 bits per heavy atom. The maximum absolute atomic E-state index is 6.26. The molecule has 96 valence electrons. The molecule has 0 aromatic heterocycles. The molecule has 0 nitrogen and oxygen atoms in total. The van der Waals surface area contributed by atoms with Crippen molar-refractivity contribution in [3.05, 3.63) is 11.8 Å². The van der Waals surface area contributed by atoms with E-state index in [1.807, 2.05) is 5.70 Å². The molecule has 0 radical (unpaired) electrons. The zero-order valence-corrected chi connectivity index (χ0v) is 14.9. The summed E-state index contributed by atoms with van der Waals surface area (Å²) in [6.45, 7) is 0.0838. The molecule has 0 heterocycles. The molecular weight excluding hydrogens is 318 g/mol. The fourth-order valence-electron chi connectivity index (χ4n) is 1.46. The summed E-state index contributed by atoms with van der Waals surface area (Å²) in [5.74, 6) is 0. The van der Waals surface area contributed by atoms with Gasteiger partial charge >= 0.3 is 0 Å². The first-order valence-corrected chi connectivity index (χ1v) is 14.5. The average molecular weight is 338 g/mol. The Balaban J connectivity index is 3.93. The largest absolute Gasteiger partial charge is 0.273 e. The lowest BCUT2D eigenvalue weighted by Crippen LogP contribution is -2.18. The van der Waals surface area contributed by atoms with Gasteiger partial charge in [-0.1, -0.05) is 38.5 Å². The predicted molar refractivity (Wildman–Crippen MR) is 83.7 cm³/mol. The molecule has 0 aliphatic carbocycles. The minimum absolute atomic E-state index is 0.894. The Morgan fingerprint density at radius 2 is 1.44 bits per heavy atom. The summed E-state index contributed by atoms with van der Waals surface area (Å²) in [5, 5.41) is 0. The molecule has 0 amide bonds. The molecule has 0 unspecified atom stereocenters. The molecule has 0 fully saturated rings. The van der Waals surface area contributed by atoms with E-state index >= 15 is 0 Å². The second-order valence-corrected chi connectivity index (χ2v) is 18.7. The molecule has 0 aliphatic heterocycles. The first kappa shape index (κ1) is 17.3. The van der Waals surface area contributed by atoms with Crippen molar-refractivity contribution in [2.24, 2.45) is 0 Å². The van der Waals surface area contributed by atoms with Gasteiger partial charge in [0.15, 0.2) is 0 Å². The predicted octanol–water partition coefficient (Wildman–Crippen LogP) is 6.13. The van der Waals surface area contributed by atoms with E-state index in [1.165, 1.54) is 0 Å². The van der Waals surface area contributed by atoms with Gasteiger partial charge in [-0.2, -0.15) is 0 Å². The summed E-state index contributed by atoms with van der Waals surface area (Å²) >= 11 is 24.9. The molecule has 0 atom stereocenters. The maximum atomic E-state index is 6.26. The Hall–Kier alpha value is 1.33. The third-order valence-electron chi connectivity index (χ3n) is 2.24. The summed E-state index contributed by atoms with van der Waals surface area (Å²) in [5.41, 5.74) is 1.99. The normalized spacial score (nSPS) is 13.6. The van der Waals surface area contributed by atoms with E-state index in [9.17, 15) is 0 Å². The Bertz CT molecular complexity index is 217. The molecule has 0 aromatic rings. The van der Waals surface area contributed by atoms with Crippen LogP contribution in [0, 0.1) is 0 Å². The van der Waals surface area contributed by atoms with E-state index in [0.717, 1.165) is 37.4 Å². The highest BCUT2D eigenvalue weighted by atomic mass is 35.7. The van der Waals surface area contributed by atoms with Crippen LogP contribution >= 0.6 is 44.3 Å². The second-order valence-electron chi connectivity index (χ2n) is 4.06. The molecule has 0 spiro atoms. The van der Waals surface area contributed by atoms with Crippen molar-refractivity contribution in [3.63, 3.8) is 0 Å². The summed E-state index contributed by atoms with van der Waals surface area (Å²) < 4.78 is 0. The zero-order valence-electron chi connectivity index (χ0n) is 9.91. The highest BCUT2D eigenvalue weighted by Crippen LogP contribution is 2.29. The third-order valence-corrected chi connectivity index (χ3v) is 10.5. The second kappa shape index (κ2) is 8.44. The van der Waals surface area contributed by atoms with Crippen molar-refractivity contribution in [2.75, 3.05) is 0 Å². The highest BCUT2D eigenvalue weighted by Gasteiger charge is 2.26. The average Bonchev–Trinajstić information content (AvgIpc) is 2.12. The van der Waals surface area contributed by atoms with Crippen LogP contribution in [0.4, 0.5) is 0 Å². The Kier molecular flexibility index (Phi) is 9.14. The minimum Gasteiger partial charge on any atom is -0.146 e. The smallest absolute Gasteiger partial charge is 0.146 e. The van der Waals surface area contributed by atoms with Gasteiger partial charge in [0.1, 0.15) is 0 Å². The Morgan fingerprint density at radius 3 is 1.94 bits per heavy atom. The van der Waals surface area contributed by atoms with Crippen molar-refractivity contribution in [1.29, 1.82) is 0 Å². The van der Waals surface area contributed by atoms with Gasteiger partial charge in [-0.25, -0.2) is 0 Å². The van der Waals surface area contributed by atoms with Crippen LogP contribution in [0.3, 0.4) is 0 Å². The first-order chi connectivity index (χ1) is 7.33. The molecule has 0 aromatic carbocycles. The lowest BCUT2D eigenvalue weighted by atomic mass is 10.5. The number of allylic oxidation sites excluding steroid dienone is 1. The number of rotatable bonds is 8. The van der Waals surface area contributed by atoms with Crippen LogP contribution in [0.2, 0.25) is 18.1 Å². The van der Waals surface area contributed by atoms with Gasteiger partial charge in [0.05, 0.1) is 0 Å². The van der Waals surface area contributed by atoms with Gasteiger partial charge in [-0.3, -0.25) is 0 Å². The van der Waals surface area contributed by atoms with Crippen molar-refractivity contribution >= 4 is 57.7 Å². The number of halogens is 4. The van der Waals surface area contributed by atoms with Gasteiger partial charge in [-0.05, 0) is 24.6 Å². The standard InChI is InChI=1S/C10H20Cl4Si2/c1-3-7-15(11,12)9-5-6-10-16(13,14)8-4-2/h5,9H,3-4,6-8,10H2,1-2H3. The monoisotopic (exact) mass is 336 g/mol. The lowest BCUT2D eigenvalue weighted by molar-refractivity contribution is 1.04. The molecule has 0 rings (SSSR count). The molecule has 0 saturated heterocycles. The molecule has 16 heavy (non-hydrogen) atoms. The van der Waals surface area contributed by atoms with Crippen LogP contribution in [-0.4, -0.2) is 13.4 Å². The van der Waals surface area contributed by atoms with Gasteiger partial charge in [0, 0.05) is 0 Å². The summed E-state index contributed by atoms with van der Waals surface area (Å²) in [7, 11) is 0. The zero-order chi connectivity index (χ0) is 12.7. The fraction of sp³-hybridized carbons (Fsp3) is 0.800. The Labute approximate surface area is 120 Å². The molecule has 0 saturated carbocycles. The topological polar surface area (TPSA) is 0 Å². The maximum Gasteiger partial charge on any atom is 0.273 e. The number of hydrogen-bond donors (Lipinski definition) is 0. The number of hydrogen-bond acceptors (Lipinski definition) is 0. The van der Waals surface area contributed by atoms with E-state index in [2.05, 4.69) is 19.9 Å². The first-order valence-electron chi connectivity index (χ1n) is 5.76. The van der Waals surface area contributed by atoms with Crippen LogP contribution in [0.15, 0.2) is 11.8 Å². The van der Waals surface area contributed by atoms with Crippen molar-refractivity contribution in [2.45, 2.75) is 51.2 Å². The molecule has 0 N–H and O–H groups in total. The summed E-state index contributed by atoms with van der Waals surface area (Å²) in [4.78, 5) is 0. The molecule has 6 heteroatoms. The van der Waals surface area contributed by atoms with Gasteiger partial charge in [0.25, 0.3) is 13.4 Å². The molecular formula is C10H20Cl4Si2. The van der Waals surface area contributed by atoms with E-state index in [1.54, 1.807) is 0 Å². The minimum atomic E-state index is -2.13. The summed E-state index contributed by atoms with van der Waals surface area (Å²) in [6.07, 6.45) is 5.05. The van der Waals surface area contributed by atoms with Gasteiger partial charge in [-0.15, -0.1) is 44.3 Å². The van der Waals surface area contributed by atoms with Crippen LogP contribution in [0.25, 0.3) is 0 Å². The molecule has 0 aliphatic rings. The van der Waals surface area contributed by atoms with Gasteiger partial charge in [0.2, 0.25) is 0 Å². The van der Waals surface area contributed by atoms with Crippen LogP contribution in [-0.2, 0) is 0 Å². The van der Waals surface area contributed by atoms with Crippen LogP contribution in [0.1, 0.15) is 33.1 Å². The SMILES string of the molecule is CCC[Si](Cl)(Cl)C=CCC[Si](Cl)(Cl)CCC. The van der Waals surface area contributed by atoms with E-state index < -0.39 is 13.4 Å². The quantitative estimate of drug-likeness (QED) is 0.369. The van der Waals surface area contributed by atoms with Gasteiger partial charge < -0.3 is 0 Å². The van der Waals surface area contributed by atoms with Crippen LogP contribution in [0.5, 0.6) is 0 Å². The summed E-state index contributed by atoms with van der Waals surface area (Å²) in [6, 6.07) is 2.76. The lowest BCUT2D eigenvalue weighted by Gasteiger charge is -2.14. The van der Waals surface area contributed by atoms with E-state index in [-0.39, 0.29) is 0 Å². The third kappa shape index (κ3) is 9.37. The van der Waals surface area contributed by atoms with E-state index in [4.69, 9.17) is 44.3 Å². The van der Waals surface area contributed by atoms with Crippen molar-refractivity contribution in [3.8, 4) is 0 Å². The van der Waals surface area contributed by atoms with E-state index in [0.29, 0.717) is 0 Å².